The largest absolute Gasteiger partial charge is 0.488 e. The van der Waals surface area contributed by atoms with Gasteiger partial charge in [0.1, 0.15) is 11.9 Å². The number of nitrogens with zero attached hydrogens (tertiary/aromatic N) is 2. The molecule has 6 nitrogen and oxygen atoms in total. The maximum Gasteiger partial charge on any atom is 0.191 e. The third kappa shape index (κ3) is 6.33. The normalized spacial score (nSPS) is 18.8. The SMILES string of the molecule is CN=C(NCc1cccc(CN2CCOCC2)c1)NCC1Cc2ccccc2O1.I. The molecular weight excluding hydrogens is 491 g/mol. The molecule has 1 atom stereocenters. The number of hydrogen-bond acceptors (Lipinski definition) is 4. The molecule has 0 aliphatic carbocycles. The molecular formula is C23H31IN4O2. The van der Waals surface area contributed by atoms with Crippen molar-refractivity contribution in [3.63, 3.8) is 0 Å². The lowest BCUT2D eigenvalue weighted by Crippen LogP contribution is -2.42. The molecule has 7 heteroatoms. The second-order valence-corrected chi connectivity index (χ2v) is 7.57. The summed E-state index contributed by atoms with van der Waals surface area (Å²) in [6.45, 7) is 6.12. The van der Waals surface area contributed by atoms with Gasteiger partial charge in [-0.1, -0.05) is 42.5 Å². The van der Waals surface area contributed by atoms with Gasteiger partial charge in [0.15, 0.2) is 5.96 Å². The number of guanidine groups is 1. The van der Waals surface area contributed by atoms with Gasteiger partial charge in [-0.2, -0.15) is 0 Å². The van der Waals surface area contributed by atoms with Gasteiger partial charge in [-0.05, 0) is 22.8 Å². The van der Waals surface area contributed by atoms with Crippen LogP contribution in [0.5, 0.6) is 5.75 Å². The van der Waals surface area contributed by atoms with E-state index in [2.05, 4.69) is 56.9 Å². The minimum atomic E-state index is 0. The number of ether oxygens (including phenoxy) is 2. The van der Waals surface area contributed by atoms with Crippen LogP contribution in [0.15, 0.2) is 53.5 Å². The second kappa shape index (κ2) is 11.5. The van der Waals surface area contributed by atoms with Crippen molar-refractivity contribution in [2.75, 3.05) is 39.9 Å². The second-order valence-electron chi connectivity index (χ2n) is 7.57. The average molecular weight is 522 g/mol. The highest BCUT2D eigenvalue weighted by Crippen LogP contribution is 2.27. The van der Waals surface area contributed by atoms with Crippen molar-refractivity contribution in [1.82, 2.24) is 15.5 Å². The summed E-state index contributed by atoms with van der Waals surface area (Å²) in [5.74, 6) is 1.79. The van der Waals surface area contributed by atoms with Crippen LogP contribution in [0.25, 0.3) is 0 Å². The van der Waals surface area contributed by atoms with Gasteiger partial charge in [0, 0.05) is 39.6 Å². The van der Waals surface area contributed by atoms with E-state index in [0.717, 1.165) is 64.1 Å². The highest BCUT2D eigenvalue weighted by molar-refractivity contribution is 14.0. The number of benzene rings is 2. The van der Waals surface area contributed by atoms with Crippen molar-refractivity contribution in [2.45, 2.75) is 25.6 Å². The van der Waals surface area contributed by atoms with E-state index in [0.29, 0.717) is 0 Å². The minimum absolute atomic E-state index is 0. The number of hydrogen-bond donors (Lipinski definition) is 2. The van der Waals surface area contributed by atoms with Gasteiger partial charge in [0.2, 0.25) is 0 Å². The lowest BCUT2D eigenvalue weighted by Gasteiger charge is -2.26. The zero-order chi connectivity index (χ0) is 19.9. The van der Waals surface area contributed by atoms with Crippen molar-refractivity contribution < 1.29 is 9.47 Å². The van der Waals surface area contributed by atoms with Crippen LogP contribution in [0.1, 0.15) is 16.7 Å². The summed E-state index contributed by atoms with van der Waals surface area (Å²) < 4.78 is 11.4. The van der Waals surface area contributed by atoms with Crippen molar-refractivity contribution in [1.29, 1.82) is 0 Å². The standard InChI is InChI=1S/C23H30N4O2.HI/c1-24-23(26-16-21-14-20-7-2-3-8-22(20)29-21)25-15-18-5-4-6-19(13-18)17-27-9-11-28-12-10-27;/h2-8,13,21H,9-12,14-17H2,1H3,(H2,24,25,26);1H. The van der Waals surface area contributed by atoms with Gasteiger partial charge in [-0.25, -0.2) is 0 Å². The monoisotopic (exact) mass is 522 g/mol. The first-order valence-corrected chi connectivity index (χ1v) is 10.4. The van der Waals surface area contributed by atoms with Crippen molar-refractivity contribution >= 4 is 29.9 Å². The van der Waals surface area contributed by atoms with Crippen molar-refractivity contribution in [3.8, 4) is 5.75 Å². The molecule has 2 aliphatic heterocycles. The average Bonchev–Trinajstić information content (AvgIpc) is 3.18. The number of rotatable bonds is 6. The zero-order valence-electron chi connectivity index (χ0n) is 17.5. The number of halogens is 1. The lowest BCUT2D eigenvalue weighted by atomic mass is 10.1. The van der Waals surface area contributed by atoms with Crippen LogP contribution >= 0.6 is 24.0 Å². The molecule has 1 saturated heterocycles. The lowest BCUT2D eigenvalue weighted by molar-refractivity contribution is 0.0342. The first-order chi connectivity index (χ1) is 14.3. The summed E-state index contributed by atoms with van der Waals surface area (Å²) >= 11 is 0. The predicted octanol–water partition coefficient (Wildman–Crippen LogP) is 2.81. The van der Waals surface area contributed by atoms with Gasteiger partial charge in [0.25, 0.3) is 0 Å². The van der Waals surface area contributed by atoms with Gasteiger partial charge < -0.3 is 20.1 Å². The first-order valence-electron chi connectivity index (χ1n) is 10.4. The van der Waals surface area contributed by atoms with E-state index < -0.39 is 0 Å². The van der Waals surface area contributed by atoms with E-state index in [4.69, 9.17) is 9.47 Å². The Morgan fingerprint density at radius 2 is 1.87 bits per heavy atom. The highest BCUT2D eigenvalue weighted by Gasteiger charge is 2.22. The zero-order valence-corrected chi connectivity index (χ0v) is 19.8. The van der Waals surface area contributed by atoms with Crippen LogP contribution < -0.4 is 15.4 Å². The molecule has 4 rings (SSSR count). The summed E-state index contributed by atoms with van der Waals surface area (Å²) in [4.78, 5) is 6.79. The summed E-state index contributed by atoms with van der Waals surface area (Å²) in [6, 6.07) is 17.0. The van der Waals surface area contributed by atoms with E-state index in [1.54, 1.807) is 7.05 Å². The smallest absolute Gasteiger partial charge is 0.191 e. The number of aliphatic imine (C=N–C) groups is 1. The molecule has 2 aromatic rings. The Balaban J connectivity index is 0.00000256. The van der Waals surface area contributed by atoms with Gasteiger partial charge in [0.05, 0.1) is 19.8 Å². The maximum atomic E-state index is 5.99. The summed E-state index contributed by atoms with van der Waals surface area (Å²) in [7, 11) is 1.80. The molecule has 2 aromatic carbocycles. The molecule has 0 aromatic heterocycles. The molecule has 1 fully saturated rings. The number of para-hydroxylation sites is 1. The fourth-order valence-electron chi connectivity index (χ4n) is 3.84. The summed E-state index contributed by atoms with van der Waals surface area (Å²) in [5.41, 5.74) is 3.87. The number of nitrogens with one attached hydrogen (secondary N) is 2. The van der Waals surface area contributed by atoms with Crippen LogP contribution in [0.4, 0.5) is 0 Å². The van der Waals surface area contributed by atoms with E-state index >= 15 is 0 Å². The Morgan fingerprint density at radius 1 is 1.07 bits per heavy atom. The van der Waals surface area contributed by atoms with Crippen molar-refractivity contribution in [2.24, 2.45) is 4.99 Å². The molecule has 0 bridgehead atoms. The van der Waals surface area contributed by atoms with E-state index in [9.17, 15) is 0 Å². The molecule has 1 unspecified atom stereocenters. The molecule has 0 radical (unpaired) electrons. The third-order valence-corrected chi connectivity index (χ3v) is 5.40. The Labute approximate surface area is 196 Å². The Hall–Kier alpha value is -1.84. The molecule has 30 heavy (non-hydrogen) atoms. The maximum absolute atomic E-state index is 5.99. The Kier molecular flexibility index (Phi) is 8.77. The molecule has 0 spiro atoms. The van der Waals surface area contributed by atoms with Gasteiger partial charge >= 0.3 is 0 Å². The quantitative estimate of drug-likeness (QED) is 0.347. The Morgan fingerprint density at radius 3 is 2.67 bits per heavy atom. The number of morpholine rings is 1. The Bertz CT molecular complexity index is 814. The molecule has 2 N–H and O–H groups in total. The van der Waals surface area contributed by atoms with E-state index in [-0.39, 0.29) is 30.1 Å². The molecule has 2 heterocycles. The van der Waals surface area contributed by atoms with Crippen LogP contribution in [0, 0.1) is 0 Å². The van der Waals surface area contributed by atoms with Gasteiger partial charge in [-0.15, -0.1) is 24.0 Å². The molecule has 0 amide bonds. The third-order valence-electron chi connectivity index (χ3n) is 5.40. The van der Waals surface area contributed by atoms with Crippen LogP contribution in [-0.4, -0.2) is 56.9 Å². The first kappa shape index (κ1) is 22.8. The fourth-order valence-corrected chi connectivity index (χ4v) is 3.84. The number of fused-ring (bicyclic) bond motifs is 1. The predicted molar refractivity (Wildman–Crippen MR) is 131 cm³/mol. The van der Waals surface area contributed by atoms with E-state index in [1.807, 2.05) is 12.1 Å². The van der Waals surface area contributed by atoms with E-state index in [1.165, 1.54) is 16.7 Å². The molecule has 0 saturated carbocycles. The molecule has 162 valence electrons. The fraction of sp³-hybridized carbons (Fsp3) is 0.435. The van der Waals surface area contributed by atoms with Gasteiger partial charge in [-0.3, -0.25) is 9.89 Å². The highest BCUT2D eigenvalue weighted by atomic mass is 127. The van der Waals surface area contributed by atoms with Crippen LogP contribution in [-0.2, 0) is 24.2 Å². The topological polar surface area (TPSA) is 58.1 Å². The summed E-state index contributed by atoms with van der Waals surface area (Å²) in [6.07, 6.45) is 1.08. The van der Waals surface area contributed by atoms with Crippen LogP contribution in [0.2, 0.25) is 0 Å². The molecule has 2 aliphatic rings. The van der Waals surface area contributed by atoms with Crippen LogP contribution in [0.3, 0.4) is 0 Å². The van der Waals surface area contributed by atoms with Crippen molar-refractivity contribution in [3.05, 3.63) is 65.2 Å². The minimum Gasteiger partial charge on any atom is -0.488 e. The summed E-state index contributed by atoms with van der Waals surface area (Å²) in [5, 5.41) is 6.80.